The molecule has 0 aliphatic heterocycles. The van der Waals surface area contributed by atoms with Crippen LogP contribution in [0.5, 0.6) is 0 Å². The summed E-state index contributed by atoms with van der Waals surface area (Å²) in [5, 5.41) is 7.77. The quantitative estimate of drug-likeness (QED) is 0.800. The van der Waals surface area contributed by atoms with Crippen LogP contribution in [0.3, 0.4) is 0 Å². The number of anilines is 1. The first-order chi connectivity index (χ1) is 10.1. The minimum absolute atomic E-state index is 0.185. The zero-order valence-corrected chi connectivity index (χ0v) is 12.0. The Morgan fingerprint density at radius 3 is 2.81 bits per heavy atom. The number of rotatable bonds is 4. The van der Waals surface area contributed by atoms with Crippen LogP contribution in [0.2, 0.25) is 0 Å². The van der Waals surface area contributed by atoms with Gasteiger partial charge in [-0.25, -0.2) is 13.9 Å². The monoisotopic (exact) mass is 284 g/mol. The normalized spacial score (nSPS) is 12.5. The number of benzene rings is 1. The first-order valence-corrected chi connectivity index (χ1v) is 6.94. The average molecular weight is 284 g/mol. The number of hydrogen-bond acceptors (Lipinski definition) is 3. The maximum absolute atomic E-state index is 12.9. The Kier molecular flexibility index (Phi) is 3.56. The summed E-state index contributed by atoms with van der Waals surface area (Å²) in [6.07, 6.45) is 4.36. The van der Waals surface area contributed by atoms with Gasteiger partial charge < -0.3 is 5.32 Å². The van der Waals surface area contributed by atoms with E-state index in [4.69, 9.17) is 0 Å². The highest BCUT2D eigenvalue weighted by Crippen LogP contribution is 2.16. The highest BCUT2D eigenvalue weighted by atomic mass is 19.1. The first kappa shape index (κ1) is 13.5. The lowest BCUT2D eigenvalue weighted by molar-refractivity contribution is 0.626. The van der Waals surface area contributed by atoms with Crippen molar-refractivity contribution in [2.75, 3.05) is 5.32 Å². The summed E-state index contributed by atoms with van der Waals surface area (Å²) in [6, 6.07) is 8.78. The van der Waals surface area contributed by atoms with Gasteiger partial charge in [0.05, 0.1) is 5.69 Å². The molecule has 5 heteroatoms. The molecule has 0 saturated heterocycles. The number of fused-ring (bicyclic) bond motifs is 1. The maximum atomic E-state index is 12.9. The Balaban J connectivity index is 1.76. The Labute approximate surface area is 122 Å². The summed E-state index contributed by atoms with van der Waals surface area (Å²) >= 11 is 0. The number of halogens is 1. The van der Waals surface area contributed by atoms with Crippen molar-refractivity contribution in [2.24, 2.45) is 0 Å². The van der Waals surface area contributed by atoms with Crippen molar-refractivity contribution >= 4 is 11.3 Å². The van der Waals surface area contributed by atoms with E-state index in [1.165, 1.54) is 12.1 Å². The van der Waals surface area contributed by atoms with E-state index in [0.29, 0.717) is 0 Å². The van der Waals surface area contributed by atoms with E-state index in [1.54, 1.807) is 6.20 Å². The van der Waals surface area contributed by atoms with E-state index in [9.17, 15) is 4.39 Å². The van der Waals surface area contributed by atoms with E-state index in [1.807, 2.05) is 35.8 Å². The number of nitrogens with one attached hydrogen (secondary N) is 1. The molecule has 2 heterocycles. The number of nitrogens with zero attached hydrogens (tertiary/aromatic N) is 3. The molecule has 3 aromatic rings. The molecule has 0 bridgehead atoms. The molecule has 0 saturated carbocycles. The molecule has 0 fully saturated rings. The molecular formula is C16H17FN4. The molecule has 1 unspecified atom stereocenters. The average Bonchev–Trinajstić information content (AvgIpc) is 2.83. The Morgan fingerprint density at radius 1 is 1.29 bits per heavy atom. The van der Waals surface area contributed by atoms with Gasteiger partial charge >= 0.3 is 0 Å². The predicted octanol–water partition coefficient (Wildman–Crippen LogP) is 3.22. The van der Waals surface area contributed by atoms with Crippen LogP contribution in [-0.4, -0.2) is 20.6 Å². The topological polar surface area (TPSA) is 42.2 Å². The largest absolute Gasteiger partial charge is 0.365 e. The minimum atomic E-state index is -0.208. The molecular weight excluding hydrogens is 267 g/mol. The van der Waals surface area contributed by atoms with Gasteiger partial charge in [-0.15, -0.1) is 0 Å². The lowest BCUT2D eigenvalue weighted by Crippen LogP contribution is -2.19. The van der Waals surface area contributed by atoms with Crippen LogP contribution in [0, 0.1) is 12.7 Å². The smallest absolute Gasteiger partial charge is 0.152 e. The second-order valence-electron chi connectivity index (χ2n) is 5.27. The van der Waals surface area contributed by atoms with Crippen LogP contribution in [0.15, 0.2) is 42.7 Å². The summed E-state index contributed by atoms with van der Waals surface area (Å²) in [5.74, 6) is 0.605. The van der Waals surface area contributed by atoms with Crippen LogP contribution in [0.1, 0.15) is 18.2 Å². The van der Waals surface area contributed by atoms with Gasteiger partial charge in [0.2, 0.25) is 0 Å². The lowest BCUT2D eigenvalue weighted by Gasteiger charge is -2.15. The SMILES string of the molecule is Cc1cc2c(NC(C)Cc3ccc(F)cc3)nccn2n1. The van der Waals surface area contributed by atoms with Crippen molar-refractivity contribution in [3.8, 4) is 0 Å². The van der Waals surface area contributed by atoms with E-state index in [2.05, 4.69) is 22.3 Å². The Hall–Kier alpha value is -2.43. The fourth-order valence-electron chi connectivity index (χ4n) is 2.41. The van der Waals surface area contributed by atoms with E-state index in [0.717, 1.165) is 29.0 Å². The zero-order chi connectivity index (χ0) is 14.8. The molecule has 3 rings (SSSR count). The van der Waals surface area contributed by atoms with E-state index < -0.39 is 0 Å². The summed E-state index contributed by atoms with van der Waals surface area (Å²) in [4.78, 5) is 4.38. The molecule has 4 nitrogen and oxygen atoms in total. The molecule has 1 N–H and O–H groups in total. The van der Waals surface area contributed by atoms with Gasteiger partial charge in [0.25, 0.3) is 0 Å². The third-order valence-corrected chi connectivity index (χ3v) is 3.35. The van der Waals surface area contributed by atoms with Gasteiger partial charge in [-0.1, -0.05) is 12.1 Å². The Morgan fingerprint density at radius 2 is 2.05 bits per heavy atom. The number of hydrogen-bond donors (Lipinski definition) is 1. The maximum Gasteiger partial charge on any atom is 0.152 e. The standard InChI is InChI=1S/C16H17FN4/c1-11(9-13-3-5-14(17)6-4-13)19-16-15-10-12(2)20-21(15)8-7-18-16/h3-8,10-11H,9H2,1-2H3,(H,18,19). The van der Waals surface area contributed by atoms with E-state index in [-0.39, 0.29) is 11.9 Å². The molecule has 0 aliphatic rings. The summed E-state index contributed by atoms with van der Waals surface area (Å²) in [6.45, 7) is 4.04. The summed E-state index contributed by atoms with van der Waals surface area (Å²) in [5.41, 5.74) is 3.01. The highest BCUT2D eigenvalue weighted by molar-refractivity contribution is 5.68. The molecule has 0 aliphatic carbocycles. The van der Waals surface area contributed by atoms with Crippen LogP contribution in [0.4, 0.5) is 10.2 Å². The molecule has 1 atom stereocenters. The third-order valence-electron chi connectivity index (χ3n) is 3.35. The first-order valence-electron chi connectivity index (χ1n) is 6.94. The zero-order valence-electron chi connectivity index (χ0n) is 12.0. The van der Waals surface area contributed by atoms with Gasteiger partial charge in [-0.3, -0.25) is 0 Å². The van der Waals surface area contributed by atoms with Crippen molar-refractivity contribution in [3.63, 3.8) is 0 Å². The number of aryl methyl sites for hydroxylation is 1. The van der Waals surface area contributed by atoms with Crippen LogP contribution in [-0.2, 0) is 6.42 Å². The van der Waals surface area contributed by atoms with Gasteiger partial charge in [0.1, 0.15) is 11.3 Å². The van der Waals surface area contributed by atoms with Gasteiger partial charge in [0.15, 0.2) is 5.82 Å². The summed E-state index contributed by atoms with van der Waals surface area (Å²) in [7, 11) is 0. The van der Waals surface area contributed by atoms with Crippen LogP contribution < -0.4 is 5.32 Å². The highest BCUT2D eigenvalue weighted by Gasteiger charge is 2.09. The fourth-order valence-corrected chi connectivity index (χ4v) is 2.41. The van der Waals surface area contributed by atoms with Crippen molar-refractivity contribution in [3.05, 3.63) is 59.8 Å². The molecule has 108 valence electrons. The second kappa shape index (κ2) is 5.52. The predicted molar refractivity (Wildman–Crippen MR) is 80.9 cm³/mol. The van der Waals surface area contributed by atoms with Gasteiger partial charge in [-0.05, 0) is 44.0 Å². The molecule has 21 heavy (non-hydrogen) atoms. The second-order valence-corrected chi connectivity index (χ2v) is 5.27. The van der Waals surface area contributed by atoms with Gasteiger partial charge in [-0.2, -0.15) is 5.10 Å². The molecule has 0 amide bonds. The van der Waals surface area contributed by atoms with Crippen molar-refractivity contribution in [2.45, 2.75) is 26.3 Å². The number of aromatic nitrogens is 3. The molecule has 0 radical (unpaired) electrons. The summed E-state index contributed by atoms with van der Waals surface area (Å²) < 4.78 is 14.7. The molecule has 2 aromatic heterocycles. The lowest BCUT2D eigenvalue weighted by atomic mass is 10.1. The fraction of sp³-hybridized carbons (Fsp3) is 0.250. The van der Waals surface area contributed by atoms with Crippen LogP contribution >= 0.6 is 0 Å². The molecule has 0 spiro atoms. The Bertz CT molecular complexity index is 749. The molecule has 1 aromatic carbocycles. The van der Waals surface area contributed by atoms with Gasteiger partial charge in [0, 0.05) is 18.4 Å². The third kappa shape index (κ3) is 3.02. The van der Waals surface area contributed by atoms with Crippen molar-refractivity contribution in [1.29, 1.82) is 0 Å². The van der Waals surface area contributed by atoms with Crippen molar-refractivity contribution in [1.82, 2.24) is 14.6 Å². The van der Waals surface area contributed by atoms with Crippen LogP contribution in [0.25, 0.3) is 5.52 Å². The van der Waals surface area contributed by atoms with E-state index >= 15 is 0 Å². The minimum Gasteiger partial charge on any atom is -0.365 e. The van der Waals surface area contributed by atoms with Crippen molar-refractivity contribution < 1.29 is 4.39 Å².